The summed E-state index contributed by atoms with van der Waals surface area (Å²) in [6, 6.07) is 5.87. The lowest BCUT2D eigenvalue weighted by Crippen LogP contribution is -1.97. The first-order valence-electron chi connectivity index (χ1n) is 5.67. The summed E-state index contributed by atoms with van der Waals surface area (Å²) >= 11 is 1.95. The Morgan fingerprint density at radius 2 is 2.19 bits per heavy atom. The molecule has 2 N–H and O–H groups in total. The summed E-state index contributed by atoms with van der Waals surface area (Å²) < 4.78 is 5.32. The molecule has 16 heavy (non-hydrogen) atoms. The van der Waals surface area contributed by atoms with E-state index in [1.807, 2.05) is 23.9 Å². The molecular formula is C13H21NOS. The number of anilines is 1. The molecule has 2 nitrogen and oxygen atoms in total. The monoisotopic (exact) mass is 239 g/mol. The molecule has 0 amide bonds. The van der Waals surface area contributed by atoms with Gasteiger partial charge in [0.05, 0.1) is 7.11 Å². The Kier molecular flexibility index (Phi) is 5.53. The van der Waals surface area contributed by atoms with Gasteiger partial charge in [0.15, 0.2) is 0 Å². The van der Waals surface area contributed by atoms with Crippen LogP contribution in [0.15, 0.2) is 18.2 Å². The fraction of sp³-hybridized carbons (Fsp3) is 0.538. The molecule has 0 radical (unpaired) electrons. The molecule has 1 aromatic carbocycles. The molecule has 1 aromatic rings. The highest BCUT2D eigenvalue weighted by atomic mass is 32.2. The molecule has 0 aliphatic carbocycles. The van der Waals surface area contributed by atoms with E-state index >= 15 is 0 Å². The van der Waals surface area contributed by atoms with E-state index in [1.165, 1.54) is 17.7 Å². The van der Waals surface area contributed by atoms with Crippen LogP contribution in [0.25, 0.3) is 0 Å². The van der Waals surface area contributed by atoms with Gasteiger partial charge in [0.2, 0.25) is 0 Å². The zero-order valence-electron chi connectivity index (χ0n) is 10.3. The van der Waals surface area contributed by atoms with Gasteiger partial charge >= 0.3 is 0 Å². The van der Waals surface area contributed by atoms with Gasteiger partial charge in [-0.2, -0.15) is 11.8 Å². The molecule has 0 saturated heterocycles. The normalized spacial score (nSPS) is 12.4. The zero-order chi connectivity index (χ0) is 12.0. The molecular weight excluding hydrogens is 218 g/mol. The van der Waals surface area contributed by atoms with Crippen molar-refractivity contribution in [2.24, 2.45) is 5.92 Å². The number of nitrogens with two attached hydrogens (primary N) is 1. The maximum absolute atomic E-state index is 5.71. The van der Waals surface area contributed by atoms with E-state index < -0.39 is 0 Å². The van der Waals surface area contributed by atoms with E-state index in [2.05, 4.69) is 19.9 Å². The topological polar surface area (TPSA) is 35.2 Å². The number of ether oxygens (including phenoxy) is 1. The number of benzene rings is 1. The third kappa shape index (κ3) is 3.97. The van der Waals surface area contributed by atoms with Gasteiger partial charge in [-0.1, -0.05) is 26.3 Å². The lowest BCUT2D eigenvalue weighted by Gasteiger charge is -2.11. The molecule has 0 aromatic heterocycles. The van der Waals surface area contributed by atoms with Crippen molar-refractivity contribution in [3.05, 3.63) is 23.8 Å². The Bertz CT molecular complexity index is 328. The van der Waals surface area contributed by atoms with Gasteiger partial charge in [-0.05, 0) is 17.7 Å². The smallest absolute Gasteiger partial charge is 0.124 e. The Labute approximate surface area is 103 Å². The largest absolute Gasteiger partial charge is 0.496 e. The van der Waals surface area contributed by atoms with Crippen molar-refractivity contribution >= 4 is 17.4 Å². The van der Waals surface area contributed by atoms with Crippen LogP contribution in [-0.2, 0) is 5.75 Å². The Hall–Kier alpha value is -0.830. The maximum Gasteiger partial charge on any atom is 0.124 e. The van der Waals surface area contributed by atoms with Crippen LogP contribution in [-0.4, -0.2) is 12.9 Å². The molecule has 0 spiro atoms. The average molecular weight is 239 g/mol. The SMILES string of the molecule is CCC(C)CSCc1ccc(N)cc1OC. The first-order valence-corrected chi connectivity index (χ1v) is 6.83. The summed E-state index contributed by atoms with van der Waals surface area (Å²) in [5.74, 6) is 3.87. The summed E-state index contributed by atoms with van der Waals surface area (Å²) in [5, 5.41) is 0. The third-order valence-electron chi connectivity index (χ3n) is 2.67. The van der Waals surface area contributed by atoms with Crippen molar-refractivity contribution in [1.82, 2.24) is 0 Å². The highest BCUT2D eigenvalue weighted by Gasteiger charge is 2.05. The van der Waals surface area contributed by atoms with Crippen LogP contribution >= 0.6 is 11.8 Å². The quantitative estimate of drug-likeness (QED) is 0.771. The second-order valence-corrected chi connectivity index (χ2v) is 5.13. The minimum absolute atomic E-state index is 0.757. The van der Waals surface area contributed by atoms with Gasteiger partial charge < -0.3 is 10.5 Å². The molecule has 0 heterocycles. The Morgan fingerprint density at radius 3 is 2.81 bits per heavy atom. The molecule has 1 rings (SSSR count). The van der Waals surface area contributed by atoms with Gasteiger partial charge in [0.25, 0.3) is 0 Å². The molecule has 3 heteroatoms. The molecule has 0 saturated carbocycles. The van der Waals surface area contributed by atoms with Gasteiger partial charge in [-0.3, -0.25) is 0 Å². The van der Waals surface area contributed by atoms with E-state index in [1.54, 1.807) is 7.11 Å². The first-order chi connectivity index (χ1) is 7.67. The van der Waals surface area contributed by atoms with E-state index in [-0.39, 0.29) is 0 Å². The second kappa shape index (κ2) is 6.69. The molecule has 0 fully saturated rings. The first kappa shape index (κ1) is 13.2. The third-order valence-corrected chi connectivity index (χ3v) is 3.99. The number of thioether (sulfide) groups is 1. The van der Waals surface area contributed by atoms with Crippen LogP contribution < -0.4 is 10.5 Å². The predicted molar refractivity (Wildman–Crippen MR) is 73.0 cm³/mol. The van der Waals surface area contributed by atoms with Gasteiger partial charge in [0, 0.05) is 23.1 Å². The summed E-state index contributed by atoms with van der Waals surface area (Å²) in [6.45, 7) is 4.52. The van der Waals surface area contributed by atoms with E-state index in [0.717, 1.165) is 23.1 Å². The van der Waals surface area contributed by atoms with Crippen LogP contribution in [0.4, 0.5) is 5.69 Å². The highest BCUT2D eigenvalue weighted by Crippen LogP contribution is 2.26. The summed E-state index contributed by atoms with van der Waals surface area (Å²) in [7, 11) is 1.69. The van der Waals surface area contributed by atoms with Crippen LogP contribution in [0.5, 0.6) is 5.75 Å². The van der Waals surface area contributed by atoms with E-state index in [9.17, 15) is 0 Å². The fourth-order valence-electron chi connectivity index (χ4n) is 1.37. The van der Waals surface area contributed by atoms with Crippen molar-refractivity contribution in [2.45, 2.75) is 26.0 Å². The Morgan fingerprint density at radius 1 is 1.44 bits per heavy atom. The van der Waals surface area contributed by atoms with Crippen molar-refractivity contribution in [3.8, 4) is 5.75 Å². The maximum atomic E-state index is 5.71. The standard InChI is InChI=1S/C13H21NOS/c1-4-10(2)8-16-9-11-5-6-12(14)7-13(11)15-3/h5-7,10H,4,8-9,14H2,1-3H3. The minimum atomic E-state index is 0.757. The molecule has 90 valence electrons. The van der Waals surface area contributed by atoms with E-state index in [0.29, 0.717) is 0 Å². The van der Waals surface area contributed by atoms with Crippen molar-refractivity contribution < 1.29 is 4.74 Å². The van der Waals surface area contributed by atoms with Crippen molar-refractivity contribution in [1.29, 1.82) is 0 Å². The number of hydrogen-bond donors (Lipinski definition) is 1. The lowest BCUT2D eigenvalue weighted by atomic mass is 10.2. The minimum Gasteiger partial charge on any atom is -0.496 e. The number of hydrogen-bond acceptors (Lipinski definition) is 3. The molecule has 0 aliphatic rings. The second-order valence-electron chi connectivity index (χ2n) is 4.10. The lowest BCUT2D eigenvalue weighted by molar-refractivity contribution is 0.411. The van der Waals surface area contributed by atoms with Crippen molar-refractivity contribution in [2.75, 3.05) is 18.6 Å². The van der Waals surface area contributed by atoms with Crippen LogP contribution in [0, 0.1) is 5.92 Å². The summed E-state index contributed by atoms with van der Waals surface area (Å²) in [4.78, 5) is 0. The van der Waals surface area contributed by atoms with E-state index in [4.69, 9.17) is 10.5 Å². The molecule has 0 bridgehead atoms. The average Bonchev–Trinajstić information content (AvgIpc) is 2.30. The highest BCUT2D eigenvalue weighted by molar-refractivity contribution is 7.98. The van der Waals surface area contributed by atoms with Crippen LogP contribution in [0.1, 0.15) is 25.8 Å². The van der Waals surface area contributed by atoms with Gasteiger partial charge in [-0.15, -0.1) is 0 Å². The molecule has 1 atom stereocenters. The fourth-order valence-corrected chi connectivity index (χ4v) is 2.58. The molecule has 0 aliphatic heterocycles. The number of rotatable bonds is 6. The summed E-state index contributed by atoms with van der Waals surface area (Å²) in [6.07, 6.45) is 1.24. The number of nitrogen functional groups attached to an aromatic ring is 1. The van der Waals surface area contributed by atoms with Crippen LogP contribution in [0.2, 0.25) is 0 Å². The van der Waals surface area contributed by atoms with Crippen LogP contribution in [0.3, 0.4) is 0 Å². The zero-order valence-corrected chi connectivity index (χ0v) is 11.1. The summed E-state index contributed by atoms with van der Waals surface area (Å²) in [5.41, 5.74) is 7.70. The van der Waals surface area contributed by atoms with Gasteiger partial charge in [-0.25, -0.2) is 0 Å². The number of methoxy groups -OCH3 is 1. The Balaban J connectivity index is 2.53. The predicted octanol–water partition coefficient (Wildman–Crippen LogP) is 3.56. The van der Waals surface area contributed by atoms with Gasteiger partial charge in [0.1, 0.15) is 5.75 Å². The van der Waals surface area contributed by atoms with Crippen molar-refractivity contribution in [3.63, 3.8) is 0 Å². The molecule has 1 unspecified atom stereocenters.